The van der Waals surface area contributed by atoms with Gasteiger partial charge in [-0.25, -0.2) is 0 Å². The minimum Gasteiger partial charge on any atom is -0.484 e. The second kappa shape index (κ2) is 6.35. The van der Waals surface area contributed by atoms with E-state index in [-0.39, 0.29) is 12.5 Å². The first-order valence-corrected chi connectivity index (χ1v) is 8.16. The molecule has 0 unspecified atom stereocenters. The summed E-state index contributed by atoms with van der Waals surface area (Å²) >= 11 is 0. The summed E-state index contributed by atoms with van der Waals surface area (Å²) in [5.41, 5.74) is 2.90. The molecule has 0 saturated carbocycles. The van der Waals surface area contributed by atoms with Crippen LogP contribution in [0.4, 0.5) is 5.69 Å². The van der Waals surface area contributed by atoms with Crippen LogP contribution >= 0.6 is 0 Å². The Hall–Kier alpha value is -2.82. The number of furan rings is 1. The third-order valence-electron chi connectivity index (χ3n) is 4.26. The number of anilines is 1. The van der Waals surface area contributed by atoms with Gasteiger partial charge in [0.15, 0.2) is 6.61 Å². The van der Waals surface area contributed by atoms with Crippen LogP contribution in [0.2, 0.25) is 0 Å². The maximum atomic E-state index is 12.0. The predicted octanol–water partition coefficient (Wildman–Crippen LogP) is 3.72. The maximum absolute atomic E-state index is 12.0. The SMILES string of the molecule is O=C(COc1ccc2oc3c(c2c1)CCCC3)Nc1ccncc1. The van der Waals surface area contributed by atoms with Crippen LogP contribution in [0.3, 0.4) is 0 Å². The van der Waals surface area contributed by atoms with Crippen LogP contribution < -0.4 is 10.1 Å². The standard InChI is InChI=1S/C19H18N2O3/c22-19(21-13-7-9-20-10-8-13)12-23-14-5-6-18-16(11-14)15-3-1-2-4-17(15)24-18/h5-11H,1-4,12H2,(H,20,21,22). The van der Waals surface area contributed by atoms with Gasteiger partial charge in [-0.3, -0.25) is 9.78 Å². The number of aryl methyl sites for hydroxylation is 2. The van der Waals surface area contributed by atoms with Crippen molar-refractivity contribution in [2.24, 2.45) is 0 Å². The Balaban J connectivity index is 1.45. The van der Waals surface area contributed by atoms with Gasteiger partial charge in [0.05, 0.1) is 0 Å². The number of nitrogens with zero attached hydrogens (tertiary/aromatic N) is 1. The summed E-state index contributed by atoms with van der Waals surface area (Å²) in [6.07, 6.45) is 7.70. The molecule has 3 aromatic rings. The van der Waals surface area contributed by atoms with E-state index in [2.05, 4.69) is 10.3 Å². The number of ether oxygens (including phenoxy) is 1. The molecule has 2 aromatic heterocycles. The summed E-state index contributed by atoms with van der Waals surface area (Å²) in [6.45, 7) is -0.0339. The van der Waals surface area contributed by atoms with Crippen LogP contribution in [0, 0.1) is 0 Å². The lowest BCUT2D eigenvalue weighted by molar-refractivity contribution is -0.118. The number of hydrogen-bond donors (Lipinski definition) is 1. The second-order valence-electron chi connectivity index (χ2n) is 5.94. The number of carbonyl (C=O) groups is 1. The summed E-state index contributed by atoms with van der Waals surface area (Å²) in [4.78, 5) is 15.9. The highest BCUT2D eigenvalue weighted by atomic mass is 16.5. The number of amides is 1. The molecule has 0 atom stereocenters. The molecule has 1 amide bonds. The topological polar surface area (TPSA) is 64.4 Å². The highest BCUT2D eigenvalue weighted by molar-refractivity contribution is 5.92. The van der Waals surface area contributed by atoms with Gasteiger partial charge < -0.3 is 14.5 Å². The van der Waals surface area contributed by atoms with Crippen LogP contribution in [0.5, 0.6) is 5.75 Å². The minimum atomic E-state index is -0.199. The summed E-state index contributed by atoms with van der Waals surface area (Å²) in [7, 11) is 0. The number of rotatable bonds is 4. The molecule has 1 aliphatic carbocycles. The zero-order valence-corrected chi connectivity index (χ0v) is 13.2. The molecule has 0 spiro atoms. The fourth-order valence-electron chi connectivity index (χ4n) is 3.11. The predicted molar refractivity (Wildman–Crippen MR) is 91.2 cm³/mol. The molecule has 0 fully saturated rings. The first-order valence-electron chi connectivity index (χ1n) is 8.16. The molecule has 1 N–H and O–H groups in total. The van der Waals surface area contributed by atoms with Crippen molar-refractivity contribution in [1.82, 2.24) is 4.98 Å². The number of nitrogens with one attached hydrogen (secondary N) is 1. The van der Waals surface area contributed by atoms with Crippen molar-refractivity contribution in [3.05, 3.63) is 54.0 Å². The normalized spacial score (nSPS) is 13.5. The molecule has 2 heterocycles. The number of fused-ring (bicyclic) bond motifs is 3. The Kier molecular flexibility index (Phi) is 3.91. The van der Waals surface area contributed by atoms with Crippen molar-refractivity contribution in [3.8, 4) is 5.75 Å². The third kappa shape index (κ3) is 2.97. The van der Waals surface area contributed by atoms with Crippen LogP contribution in [0.15, 0.2) is 47.1 Å². The van der Waals surface area contributed by atoms with Gasteiger partial charge >= 0.3 is 0 Å². The molecule has 0 bridgehead atoms. The van der Waals surface area contributed by atoms with Crippen molar-refractivity contribution < 1.29 is 13.9 Å². The van der Waals surface area contributed by atoms with Gasteiger partial charge in [-0.15, -0.1) is 0 Å². The Morgan fingerprint density at radius 2 is 2.00 bits per heavy atom. The van der Waals surface area contributed by atoms with Crippen LogP contribution in [0.25, 0.3) is 11.0 Å². The molecule has 5 nitrogen and oxygen atoms in total. The average Bonchev–Trinajstić information content (AvgIpc) is 2.99. The van der Waals surface area contributed by atoms with Gasteiger partial charge in [0.2, 0.25) is 0 Å². The highest BCUT2D eigenvalue weighted by Gasteiger charge is 2.18. The first-order chi connectivity index (χ1) is 11.8. The van der Waals surface area contributed by atoms with Gasteiger partial charge in [-0.05, 0) is 49.6 Å². The van der Waals surface area contributed by atoms with Crippen molar-refractivity contribution in [3.63, 3.8) is 0 Å². The molecule has 4 rings (SSSR count). The van der Waals surface area contributed by atoms with Crippen LogP contribution in [-0.2, 0) is 17.6 Å². The van der Waals surface area contributed by atoms with Gasteiger partial charge in [-0.2, -0.15) is 0 Å². The average molecular weight is 322 g/mol. The summed E-state index contributed by atoms with van der Waals surface area (Å²) < 4.78 is 11.5. The van der Waals surface area contributed by atoms with E-state index in [0.717, 1.165) is 29.6 Å². The summed E-state index contributed by atoms with van der Waals surface area (Å²) in [6, 6.07) is 9.22. The second-order valence-corrected chi connectivity index (χ2v) is 5.94. The smallest absolute Gasteiger partial charge is 0.262 e. The van der Waals surface area contributed by atoms with Gasteiger partial charge in [0.25, 0.3) is 5.91 Å². The molecular formula is C19H18N2O3. The van der Waals surface area contributed by atoms with E-state index >= 15 is 0 Å². The van der Waals surface area contributed by atoms with Gasteiger partial charge in [0.1, 0.15) is 17.1 Å². The van der Waals surface area contributed by atoms with Gasteiger partial charge in [0, 0.05) is 35.5 Å². The molecule has 1 aliphatic rings. The van der Waals surface area contributed by atoms with E-state index in [1.807, 2.05) is 18.2 Å². The largest absolute Gasteiger partial charge is 0.484 e. The molecule has 0 aliphatic heterocycles. The van der Waals surface area contributed by atoms with Gasteiger partial charge in [-0.1, -0.05) is 0 Å². The Morgan fingerprint density at radius 3 is 2.88 bits per heavy atom. The third-order valence-corrected chi connectivity index (χ3v) is 4.26. The quantitative estimate of drug-likeness (QED) is 0.795. The Bertz CT molecular complexity index is 871. The van der Waals surface area contributed by atoms with E-state index < -0.39 is 0 Å². The number of hydrogen-bond acceptors (Lipinski definition) is 4. The zero-order valence-electron chi connectivity index (χ0n) is 13.2. The molecule has 0 radical (unpaired) electrons. The fourth-order valence-corrected chi connectivity index (χ4v) is 3.11. The lowest BCUT2D eigenvalue weighted by Gasteiger charge is -2.09. The monoisotopic (exact) mass is 322 g/mol. The van der Waals surface area contributed by atoms with Crippen molar-refractivity contribution in [2.75, 3.05) is 11.9 Å². The number of carbonyl (C=O) groups excluding carboxylic acids is 1. The molecule has 1 aromatic carbocycles. The number of aromatic nitrogens is 1. The fraction of sp³-hybridized carbons (Fsp3) is 0.263. The summed E-state index contributed by atoms with van der Waals surface area (Å²) in [5.74, 6) is 1.58. The van der Waals surface area contributed by atoms with E-state index in [1.54, 1.807) is 24.5 Å². The van der Waals surface area contributed by atoms with Crippen molar-refractivity contribution >= 4 is 22.6 Å². The maximum Gasteiger partial charge on any atom is 0.262 e. The van der Waals surface area contributed by atoms with E-state index in [0.29, 0.717) is 11.4 Å². The van der Waals surface area contributed by atoms with Crippen LogP contribution in [0.1, 0.15) is 24.2 Å². The number of benzene rings is 1. The van der Waals surface area contributed by atoms with Crippen molar-refractivity contribution in [1.29, 1.82) is 0 Å². The molecule has 24 heavy (non-hydrogen) atoms. The highest BCUT2D eigenvalue weighted by Crippen LogP contribution is 2.33. The summed E-state index contributed by atoms with van der Waals surface area (Å²) in [5, 5.41) is 3.88. The zero-order chi connectivity index (χ0) is 16.4. The minimum absolute atomic E-state index is 0.0339. The molecule has 0 saturated heterocycles. The Labute approximate surface area is 139 Å². The Morgan fingerprint density at radius 1 is 1.17 bits per heavy atom. The molecule has 5 heteroatoms. The molecular weight excluding hydrogens is 304 g/mol. The molecule has 122 valence electrons. The van der Waals surface area contributed by atoms with E-state index in [4.69, 9.17) is 9.15 Å². The van der Waals surface area contributed by atoms with E-state index in [9.17, 15) is 4.79 Å². The van der Waals surface area contributed by atoms with Crippen LogP contribution in [-0.4, -0.2) is 17.5 Å². The first kappa shape index (κ1) is 14.8. The lowest BCUT2D eigenvalue weighted by atomic mass is 9.96. The van der Waals surface area contributed by atoms with Crippen molar-refractivity contribution in [2.45, 2.75) is 25.7 Å². The van der Waals surface area contributed by atoms with E-state index in [1.165, 1.54) is 18.4 Å². The lowest BCUT2D eigenvalue weighted by Crippen LogP contribution is -2.20. The number of pyridine rings is 1.